The molecule has 0 aromatic carbocycles. The van der Waals surface area contributed by atoms with E-state index in [1.54, 1.807) is 6.20 Å². The Hall–Kier alpha value is -0.910. The summed E-state index contributed by atoms with van der Waals surface area (Å²) >= 11 is 5.77. The molecular formula is C11H17ClN2O3. The van der Waals surface area contributed by atoms with Crippen molar-refractivity contribution in [2.45, 2.75) is 33.1 Å². The fourth-order valence-electron chi connectivity index (χ4n) is 1.42. The molecule has 0 saturated heterocycles. The quantitative estimate of drug-likeness (QED) is 0.700. The number of aryl methyl sites for hydroxylation is 1. The summed E-state index contributed by atoms with van der Waals surface area (Å²) in [5.74, 6) is 0. The molecule has 0 amide bonds. The van der Waals surface area contributed by atoms with Gasteiger partial charge in [0.25, 0.3) is 0 Å². The van der Waals surface area contributed by atoms with E-state index in [0.717, 1.165) is 0 Å². The molecule has 1 heterocycles. The Morgan fingerprint density at radius 2 is 2.06 bits per heavy atom. The van der Waals surface area contributed by atoms with Gasteiger partial charge in [0.05, 0.1) is 11.2 Å². The van der Waals surface area contributed by atoms with E-state index in [9.17, 15) is 4.79 Å². The Labute approximate surface area is 105 Å². The van der Waals surface area contributed by atoms with Gasteiger partial charge in [-0.3, -0.25) is 4.57 Å². The van der Waals surface area contributed by atoms with Crippen molar-refractivity contribution in [2.75, 3.05) is 13.2 Å². The van der Waals surface area contributed by atoms with E-state index in [4.69, 9.17) is 21.1 Å². The molecule has 0 aliphatic carbocycles. The summed E-state index contributed by atoms with van der Waals surface area (Å²) in [5, 5.41) is 0.439. The molecule has 1 rings (SSSR count). The molecule has 0 atom stereocenters. The first kappa shape index (κ1) is 14.2. The van der Waals surface area contributed by atoms with Crippen molar-refractivity contribution in [3.05, 3.63) is 27.9 Å². The van der Waals surface area contributed by atoms with Crippen molar-refractivity contribution >= 4 is 11.6 Å². The Morgan fingerprint density at radius 3 is 2.65 bits per heavy atom. The monoisotopic (exact) mass is 260 g/mol. The maximum Gasteiger partial charge on any atom is 0.347 e. The summed E-state index contributed by atoms with van der Waals surface area (Å²) in [5.41, 5.74) is -0.318. The lowest BCUT2D eigenvalue weighted by atomic mass is 10.4. The van der Waals surface area contributed by atoms with E-state index in [1.807, 2.05) is 13.8 Å². The minimum absolute atomic E-state index is 0.295. The van der Waals surface area contributed by atoms with E-state index in [2.05, 4.69) is 4.98 Å². The van der Waals surface area contributed by atoms with E-state index < -0.39 is 0 Å². The van der Waals surface area contributed by atoms with Crippen LogP contribution in [-0.4, -0.2) is 29.1 Å². The van der Waals surface area contributed by atoms with Crippen LogP contribution in [0.4, 0.5) is 0 Å². The average Bonchev–Trinajstić information content (AvgIpc) is 2.30. The number of aromatic nitrogens is 2. The van der Waals surface area contributed by atoms with Gasteiger partial charge in [0.1, 0.15) is 0 Å². The van der Waals surface area contributed by atoms with Crippen LogP contribution in [0.5, 0.6) is 0 Å². The highest BCUT2D eigenvalue weighted by Crippen LogP contribution is 2.05. The van der Waals surface area contributed by atoms with Gasteiger partial charge in [0, 0.05) is 32.4 Å². The molecule has 0 unspecified atom stereocenters. The molecule has 17 heavy (non-hydrogen) atoms. The van der Waals surface area contributed by atoms with Crippen LogP contribution in [0.3, 0.4) is 0 Å². The third-order valence-corrected chi connectivity index (χ3v) is 2.33. The number of hydrogen-bond donors (Lipinski definition) is 0. The predicted octanol–water partition coefficient (Wildman–Crippen LogP) is 1.69. The van der Waals surface area contributed by atoms with Crippen molar-refractivity contribution in [2.24, 2.45) is 0 Å². The van der Waals surface area contributed by atoms with E-state index in [-0.39, 0.29) is 12.0 Å². The molecule has 0 aliphatic rings. The first-order chi connectivity index (χ1) is 8.17. The van der Waals surface area contributed by atoms with Crippen LogP contribution in [0, 0.1) is 0 Å². The predicted molar refractivity (Wildman–Crippen MR) is 65.2 cm³/mol. The molecule has 0 spiro atoms. The van der Waals surface area contributed by atoms with Gasteiger partial charge in [-0.05, 0) is 13.8 Å². The molecule has 96 valence electrons. The third kappa shape index (κ3) is 4.85. The molecule has 1 aromatic rings. The molecule has 1 aromatic heterocycles. The summed E-state index contributed by atoms with van der Waals surface area (Å²) in [7, 11) is 0. The summed E-state index contributed by atoms with van der Waals surface area (Å²) in [6, 6.07) is 0. The Bertz CT molecular complexity index is 389. The highest BCUT2D eigenvalue weighted by atomic mass is 35.5. The van der Waals surface area contributed by atoms with Crippen LogP contribution in [0.1, 0.15) is 20.3 Å². The number of hydrogen-bond acceptors (Lipinski definition) is 4. The van der Waals surface area contributed by atoms with Gasteiger partial charge in [0.2, 0.25) is 0 Å². The molecule has 5 nitrogen and oxygen atoms in total. The number of nitrogens with zero attached hydrogens (tertiary/aromatic N) is 2. The second-order valence-corrected chi connectivity index (χ2v) is 3.81. The topological polar surface area (TPSA) is 53.4 Å². The van der Waals surface area contributed by atoms with E-state index in [1.165, 1.54) is 10.8 Å². The first-order valence-corrected chi connectivity index (χ1v) is 6.00. The van der Waals surface area contributed by atoms with Crippen LogP contribution >= 0.6 is 11.6 Å². The largest absolute Gasteiger partial charge is 0.353 e. The average molecular weight is 261 g/mol. The molecule has 0 N–H and O–H groups in total. The van der Waals surface area contributed by atoms with Crippen molar-refractivity contribution in [1.29, 1.82) is 0 Å². The van der Waals surface area contributed by atoms with Crippen LogP contribution in [0.2, 0.25) is 5.02 Å². The van der Waals surface area contributed by atoms with Gasteiger partial charge in [-0.25, -0.2) is 9.78 Å². The second kappa shape index (κ2) is 7.42. The summed E-state index contributed by atoms with van der Waals surface area (Å²) in [6.07, 6.45) is 3.19. The summed E-state index contributed by atoms with van der Waals surface area (Å²) in [6.45, 7) is 5.43. The van der Waals surface area contributed by atoms with Gasteiger partial charge < -0.3 is 9.47 Å². The zero-order valence-corrected chi connectivity index (χ0v) is 10.8. The number of rotatable bonds is 7. The molecule has 0 fully saturated rings. The van der Waals surface area contributed by atoms with E-state index in [0.29, 0.717) is 31.2 Å². The van der Waals surface area contributed by atoms with Crippen molar-refractivity contribution in [1.82, 2.24) is 9.55 Å². The third-order valence-electron chi connectivity index (χ3n) is 2.13. The lowest BCUT2D eigenvalue weighted by molar-refractivity contribution is -0.141. The Kier molecular flexibility index (Phi) is 6.18. The SMILES string of the molecule is CCOC(CCn1cc(Cl)cnc1=O)OCC. The normalized spacial score (nSPS) is 11.1. The molecular weight excluding hydrogens is 244 g/mol. The standard InChI is InChI=1S/C11H17ClN2O3/c1-3-16-10(17-4-2)5-6-14-8-9(12)7-13-11(14)15/h7-8,10H,3-6H2,1-2H3. The lowest BCUT2D eigenvalue weighted by Gasteiger charge is -2.17. The van der Waals surface area contributed by atoms with Gasteiger partial charge in [-0.1, -0.05) is 11.6 Å². The van der Waals surface area contributed by atoms with Crippen LogP contribution in [0.25, 0.3) is 0 Å². The highest BCUT2D eigenvalue weighted by molar-refractivity contribution is 6.30. The maximum absolute atomic E-state index is 11.4. The minimum Gasteiger partial charge on any atom is -0.353 e. The van der Waals surface area contributed by atoms with Gasteiger partial charge in [-0.15, -0.1) is 0 Å². The first-order valence-electron chi connectivity index (χ1n) is 5.62. The van der Waals surface area contributed by atoms with Gasteiger partial charge in [0.15, 0.2) is 6.29 Å². The van der Waals surface area contributed by atoms with Gasteiger partial charge >= 0.3 is 5.69 Å². The number of halogens is 1. The van der Waals surface area contributed by atoms with Crippen LogP contribution in [-0.2, 0) is 16.0 Å². The van der Waals surface area contributed by atoms with Crippen molar-refractivity contribution in [3.8, 4) is 0 Å². The van der Waals surface area contributed by atoms with Crippen molar-refractivity contribution in [3.63, 3.8) is 0 Å². The highest BCUT2D eigenvalue weighted by Gasteiger charge is 2.08. The van der Waals surface area contributed by atoms with Crippen molar-refractivity contribution < 1.29 is 9.47 Å². The zero-order valence-electron chi connectivity index (χ0n) is 10.1. The zero-order chi connectivity index (χ0) is 12.7. The molecule has 0 bridgehead atoms. The van der Waals surface area contributed by atoms with Crippen LogP contribution < -0.4 is 5.69 Å². The minimum atomic E-state index is -0.318. The molecule has 0 radical (unpaired) electrons. The summed E-state index contributed by atoms with van der Waals surface area (Å²) in [4.78, 5) is 15.1. The fourth-order valence-corrected chi connectivity index (χ4v) is 1.59. The maximum atomic E-state index is 11.4. The van der Waals surface area contributed by atoms with E-state index >= 15 is 0 Å². The Morgan fingerprint density at radius 1 is 1.41 bits per heavy atom. The molecule has 0 aliphatic heterocycles. The van der Waals surface area contributed by atoms with Crippen LogP contribution in [0.15, 0.2) is 17.2 Å². The lowest BCUT2D eigenvalue weighted by Crippen LogP contribution is -2.26. The molecule has 0 saturated carbocycles. The molecule has 6 heteroatoms. The Balaban J connectivity index is 2.58. The van der Waals surface area contributed by atoms with Gasteiger partial charge in [-0.2, -0.15) is 0 Å². The second-order valence-electron chi connectivity index (χ2n) is 3.38. The number of ether oxygens (including phenoxy) is 2. The smallest absolute Gasteiger partial charge is 0.347 e. The summed E-state index contributed by atoms with van der Waals surface area (Å²) < 4.78 is 12.2. The fraction of sp³-hybridized carbons (Fsp3) is 0.636.